The normalized spacial score (nSPS) is 15.7. The van der Waals surface area contributed by atoms with Crippen LogP contribution in [0.4, 0.5) is 5.82 Å². The topological polar surface area (TPSA) is 71.7 Å². The van der Waals surface area contributed by atoms with Gasteiger partial charge < -0.3 is 19.1 Å². The lowest BCUT2D eigenvalue weighted by Gasteiger charge is -2.35. The molecule has 1 saturated heterocycles. The van der Waals surface area contributed by atoms with E-state index in [9.17, 15) is 4.79 Å². The fourth-order valence-electron chi connectivity index (χ4n) is 3.58. The number of hydrogen-bond acceptors (Lipinski definition) is 6. The van der Waals surface area contributed by atoms with Gasteiger partial charge in [-0.2, -0.15) is 0 Å². The number of carbonyl (C=O) groups excluding carboxylic acids is 1. The molecule has 27 heavy (non-hydrogen) atoms. The molecule has 0 radical (unpaired) electrons. The van der Waals surface area contributed by atoms with Crippen molar-refractivity contribution in [2.75, 3.05) is 31.1 Å². The molecule has 0 spiro atoms. The molecule has 0 N–H and O–H groups in total. The number of carbonyl (C=O) groups is 1. The van der Waals surface area contributed by atoms with Gasteiger partial charge in [0, 0.05) is 32.4 Å². The summed E-state index contributed by atoms with van der Waals surface area (Å²) in [7, 11) is 0. The van der Waals surface area contributed by atoms with Gasteiger partial charge in [0.05, 0.1) is 11.1 Å². The number of pyridine rings is 1. The van der Waals surface area contributed by atoms with E-state index in [1.807, 2.05) is 47.4 Å². The van der Waals surface area contributed by atoms with E-state index >= 15 is 0 Å². The lowest BCUT2D eigenvalue weighted by molar-refractivity contribution is 0.0734. The molecule has 0 bridgehead atoms. The maximum atomic E-state index is 13.0. The first-order chi connectivity index (χ1) is 13.3. The van der Waals surface area contributed by atoms with E-state index in [1.165, 1.54) is 0 Å². The Bertz CT molecular complexity index is 978. The molecule has 2 aromatic heterocycles. The van der Waals surface area contributed by atoms with Crippen molar-refractivity contribution >= 4 is 11.7 Å². The third-order valence-corrected chi connectivity index (χ3v) is 5.03. The van der Waals surface area contributed by atoms with E-state index in [0.717, 1.165) is 35.8 Å². The minimum Gasteiger partial charge on any atom is -0.488 e. The molecule has 0 saturated carbocycles. The Morgan fingerprint density at radius 3 is 2.63 bits per heavy atom. The maximum Gasteiger partial charge on any atom is 0.276 e. The number of rotatable bonds is 2. The van der Waals surface area contributed by atoms with Crippen LogP contribution in [0.3, 0.4) is 0 Å². The molecule has 2 aliphatic heterocycles. The van der Waals surface area contributed by atoms with E-state index in [-0.39, 0.29) is 5.91 Å². The third-order valence-electron chi connectivity index (χ3n) is 5.03. The smallest absolute Gasteiger partial charge is 0.276 e. The first kappa shape index (κ1) is 15.9. The van der Waals surface area contributed by atoms with E-state index in [1.54, 1.807) is 6.20 Å². The minimum absolute atomic E-state index is 0.108. The van der Waals surface area contributed by atoms with Crippen LogP contribution in [0, 0.1) is 0 Å². The van der Waals surface area contributed by atoms with Crippen molar-refractivity contribution in [2.45, 2.75) is 6.61 Å². The Balaban J connectivity index is 1.34. The number of anilines is 1. The van der Waals surface area contributed by atoms with Gasteiger partial charge in [-0.1, -0.05) is 23.4 Å². The zero-order valence-electron chi connectivity index (χ0n) is 14.7. The summed E-state index contributed by atoms with van der Waals surface area (Å²) in [6, 6.07) is 13.5. The largest absolute Gasteiger partial charge is 0.488 e. The van der Waals surface area contributed by atoms with Crippen LogP contribution < -0.4 is 9.64 Å². The second-order valence-corrected chi connectivity index (χ2v) is 6.59. The molecule has 2 aliphatic rings. The predicted octanol–water partition coefficient (Wildman–Crippen LogP) is 2.59. The predicted molar refractivity (Wildman–Crippen MR) is 98.6 cm³/mol. The molecule has 7 nitrogen and oxygen atoms in total. The zero-order valence-corrected chi connectivity index (χ0v) is 14.7. The van der Waals surface area contributed by atoms with Gasteiger partial charge in [-0.15, -0.1) is 0 Å². The number of amides is 1. The Labute approximate surface area is 156 Å². The van der Waals surface area contributed by atoms with Crippen LogP contribution in [-0.2, 0) is 6.61 Å². The first-order valence-corrected chi connectivity index (χ1v) is 8.97. The average molecular weight is 362 g/mol. The summed E-state index contributed by atoms with van der Waals surface area (Å²) in [6.45, 7) is 3.01. The highest BCUT2D eigenvalue weighted by molar-refractivity contribution is 5.95. The van der Waals surface area contributed by atoms with Crippen molar-refractivity contribution in [1.29, 1.82) is 0 Å². The van der Waals surface area contributed by atoms with E-state index in [0.29, 0.717) is 31.2 Å². The quantitative estimate of drug-likeness (QED) is 0.698. The number of benzene rings is 1. The number of nitrogens with zero attached hydrogens (tertiary/aromatic N) is 4. The number of fused-ring (bicyclic) bond motifs is 3. The minimum atomic E-state index is -0.108. The number of aromatic nitrogens is 2. The molecule has 4 heterocycles. The summed E-state index contributed by atoms with van der Waals surface area (Å²) in [4.78, 5) is 21.4. The summed E-state index contributed by atoms with van der Waals surface area (Å²) in [5.74, 6) is 2.22. The molecule has 7 heteroatoms. The first-order valence-electron chi connectivity index (χ1n) is 8.97. The monoisotopic (exact) mass is 362 g/mol. The molecule has 0 atom stereocenters. The van der Waals surface area contributed by atoms with Gasteiger partial charge in [-0.25, -0.2) is 4.98 Å². The highest BCUT2D eigenvalue weighted by Gasteiger charge is 2.32. The summed E-state index contributed by atoms with van der Waals surface area (Å²) in [6.07, 6.45) is 1.78. The lowest BCUT2D eigenvalue weighted by Crippen LogP contribution is -2.49. The SMILES string of the molecule is O=C(c1noc2c1COc1ccccc1-2)N1CCN(c2ccccn2)CC1. The standard InChI is InChI=1S/C20H18N4O3/c25-20(24-11-9-23(10-12-24)17-7-3-4-8-21-17)18-15-13-26-16-6-2-1-5-14(16)19(15)27-22-18/h1-8H,9-13H2. The van der Waals surface area contributed by atoms with Crippen LogP contribution in [-0.4, -0.2) is 47.1 Å². The average Bonchev–Trinajstić information content (AvgIpc) is 3.19. The van der Waals surface area contributed by atoms with Gasteiger partial charge in [-0.05, 0) is 24.3 Å². The summed E-state index contributed by atoms with van der Waals surface area (Å²) in [5.41, 5.74) is 1.92. The summed E-state index contributed by atoms with van der Waals surface area (Å²) >= 11 is 0. The molecule has 136 valence electrons. The van der Waals surface area contributed by atoms with E-state index in [2.05, 4.69) is 15.0 Å². The third kappa shape index (κ3) is 2.71. The molecule has 5 rings (SSSR count). The van der Waals surface area contributed by atoms with Crippen LogP contribution in [0.2, 0.25) is 0 Å². The molecule has 0 aliphatic carbocycles. The molecular formula is C20H18N4O3. The van der Waals surface area contributed by atoms with Gasteiger partial charge in [0.1, 0.15) is 18.2 Å². The molecule has 1 fully saturated rings. The fraction of sp³-hybridized carbons (Fsp3) is 0.250. The lowest BCUT2D eigenvalue weighted by atomic mass is 10.0. The van der Waals surface area contributed by atoms with Crippen molar-refractivity contribution in [3.05, 3.63) is 59.9 Å². The molecule has 1 aromatic carbocycles. The van der Waals surface area contributed by atoms with Gasteiger partial charge in [0.15, 0.2) is 11.5 Å². The molecule has 1 amide bonds. The molecule has 0 unspecified atom stereocenters. The van der Waals surface area contributed by atoms with Gasteiger partial charge in [-0.3, -0.25) is 4.79 Å². The van der Waals surface area contributed by atoms with Gasteiger partial charge in [0.25, 0.3) is 5.91 Å². The highest BCUT2D eigenvalue weighted by atomic mass is 16.5. The van der Waals surface area contributed by atoms with Crippen molar-refractivity contribution < 1.29 is 14.1 Å². The number of ether oxygens (including phenoxy) is 1. The number of hydrogen-bond donors (Lipinski definition) is 0. The van der Waals surface area contributed by atoms with Crippen LogP contribution in [0.5, 0.6) is 5.75 Å². The maximum absolute atomic E-state index is 13.0. The van der Waals surface area contributed by atoms with Crippen molar-refractivity contribution in [2.24, 2.45) is 0 Å². The second kappa shape index (κ2) is 6.42. The van der Waals surface area contributed by atoms with Crippen molar-refractivity contribution in [3.8, 4) is 17.1 Å². The van der Waals surface area contributed by atoms with E-state index < -0.39 is 0 Å². The number of piperazine rings is 1. The second-order valence-electron chi connectivity index (χ2n) is 6.59. The van der Waals surface area contributed by atoms with Gasteiger partial charge in [0.2, 0.25) is 0 Å². The van der Waals surface area contributed by atoms with Crippen LogP contribution >= 0.6 is 0 Å². The number of para-hydroxylation sites is 1. The Morgan fingerprint density at radius 2 is 1.81 bits per heavy atom. The van der Waals surface area contributed by atoms with Crippen molar-refractivity contribution in [3.63, 3.8) is 0 Å². The fourth-order valence-corrected chi connectivity index (χ4v) is 3.58. The Morgan fingerprint density at radius 1 is 1.00 bits per heavy atom. The Kier molecular flexibility index (Phi) is 3.78. The zero-order chi connectivity index (χ0) is 18.2. The van der Waals surface area contributed by atoms with Crippen molar-refractivity contribution in [1.82, 2.24) is 15.0 Å². The molecule has 3 aromatic rings. The summed E-state index contributed by atoms with van der Waals surface area (Å²) in [5, 5.41) is 4.08. The van der Waals surface area contributed by atoms with Crippen LogP contribution in [0.1, 0.15) is 16.1 Å². The van der Waals surface area contributed by atoms with E-state index in [4.69, 9.17) is 9.26 Å². The molecular weight excluding hydrogens is 344 g/mol. The summed E-state index contributed by atoms with van der Waals surface area (Å²) < 4.78 is 11.3. The van der Waals surface area contributed by atoms with Crippen LogP contribution in [0.25, 0.3) is 11.3 Å². The highest BCUT2D eigenvalue weighted by Crippen LogP contribution is 2.38. The van der Waals surface area contributed by atoms with Crippen LogP contribution in [0.15, 0.2) is 53.2 Å². The Hall–Kier alpha value is -3.35. The van der Waals surface area contributed by atoms with Gasteiger partial charge >= 0.3 is 0 Å².